The van der Waals surface area contributed by atoms with Gasteiger partial charge in [-0.05, 0) is 36.5 Å². The predicted molar refractivity (Wildman–Crippen MR) is 85.2 cm³/mol. The summed E-state index contributed by atoms with van der Waals surface area (Å²) in [6.45, 7) is 10.5. The van der Waals surface area contributed by atoms with Gasteiger partial charge < -0.3 is 10.2 Å². The average Bonchev–Trinajstić information content (AvgIpc) is 2.49. The summed E-state index contributed by atoms with van der Waals surface area (Å²) in [6, 6.07) is 9.18. The summed E-state index contributed by atoms with van der Waals surface area (Å²) in [5.41, 5.74) is 2.88. The highest BCUT2D eigenvalue weighted by atomic mass is 15.2. The lowest BCUT2D eigenvalue weighted by molar-refractivity contribution is 0.233. The molecule has 0 spiro atoms. The van der Waals surface area contributed by atoms with Gasteiger partial charge in [0.2, 0.25) is 0 Å². The van der Waals surface area contributed by atoms with Crippen LogP contribution in [0.25, 0.3) is 0 Å². The zero-order valence-corrected chi connectivity index (χ0v) is 12.6. The van der Waals surface area contributed by atoms with Crippen LogP contribution in [0.15, 0.2) is 24.3 Å². The van der Waals surface area contributed by atoms with Crippen LogP contribution in [0.2, 0.25) is 0 Å². The number of rotatable bonds is 3. The van der Waals surface area contributed by atoms with Crippen LogP contribution in [0, 0.1) is 5.92 Å². The standard InChI is InChI=1S/C17H27N3/c1-15-5-9-20(10-6-15)17-4-2-3-16(13-17)14-19-11-7-18-8-12-19/h2-4,13,15,18H,5-12,14H2,1H3. The average molecular weight is 273 g/mol. The fourth-order valence-corrected chi connectivity index (χ4v) is 3.25. The summed E-state index contributed by atoms with van der Waals surface area (Å²) in [6.07, 6.45) is 2.67. The molecule has 0 aromatic heterocycles. The summed E-state index contributed by atoms with van der Waals surface area (Å²) in [5, 5.41) is 3.42. The Morgan fingerprint density at radius 2 is 1.85 bits per heavy atom. The SMILES string of the molecule is CC1CCN(c2cccc(CN3CCNCC3)c2)CC1. The van der Waals surface area contributed by atoms with Gasteiger partial charge in [-0.1, -0.05) is 19.1 Å². The monoisotopic (exact) mass is 273 g/mol. The Bertz CT molecular complexity index is 418. The molecule has 1 N–H and O–H groups in total. The van der Waals surface area contributed by atoms with Crippen molar-refractivity contribution in [1.29, 1.82) is 0 Å². The predicted octanol–water partition coefficient (Wildman–Crippen LogP) is 2.33. The first kappa shape index (κ1) is 13.9. The quantitative estimate of drug-likeness (QED) is 0.912. The second kappa shape index (κ2) is 6.59. The molecule has 1 aromatic rings. The molecule has 0 amide bonds. The molecule has 0 radical (unpaired) electrons. The van der Waals surface area contributed by atoms with Crippen molar-refractivity contribution in [3.63, 3.8) is 0 Å². The molecule has 2 heterocycles. The van der Waals surface area contributed by atoms with Gasteiger partial charge in [-0.25, -0.2) is 0 Å². The molecule has 3 nitrogen and oxygen atoms in total. The third-order valence-electron chi connectivity index (χ3n) is 4.68. The summed E-state index contributed by atoms with van der Waals surface area (Å²) in [4.78, 5) is 5.11. The first-order valence-electron chi connectivity index (χ1n) is 8.08. The molecule has 0 atom stereocenters. The molecular formula is C17H27N3. The van der Waals surface area contributed by atoms with Crippen molar-refractivity contribution in [1.82, 2.24) is 10.2 Å². The zero-order valence-electron chi connectivity index (χ0n) is 12.6. The minimum Gasteiger partial charge on any atom is -0.372 e. The maximum atomic E-state index is 3.42. The Morgan fingerprint density at radius 3 is 2.60 bits per heavy atom. The lowest BCUT2D eigenvalue weighted by atomic mass is 9.98. The summed E-state index contributed by atoms with van der Waals surface area (Å²) in [7, 11) is 0. The molecule has 0 saturated carbocycles. The molecule has 1 aromatic carbocycles. The van der Waals surface area contributed by atoms with E-state index in [1.807, 2.05) is 0 Å². The van der Waals surface area contributed by atoms with Crippen molar-refractivity contribution in [3.8, 4) is 0 Å². The van der Waals surface area contributed by atoms with Crippen LogP contribution in [-0.2, 0) is 6.54 Å². The fourth-order valence-electron chi connectivity index (χ4n) is 3.25. The molecule has 110 valence electrons. The number of benzene rings is 1. The maximum absolute atomic E-state index is 3.42. The van der Waals surface area contributed by atoms with Crippen LogP contribution < -0.4 is 10.2 Å². The molecular weight excluding hydrogens is 246 g/mol. The Kier molecular flexibility index (Phi) is 4.58. The van der Waals surface area contributed by atoms with Crippen molar-refractivity contribution in [3.05, 3.63) is 29.8 Å². The maximum Gasteiger partial charge on any atom is 0.0369 e. The Morgan fingerprint density at radius 1 is 1.10 bits per heavy atom. The van der Waals surface area contributed by atoms with Crippen LogP contribution >= 0.6 is 0 Å². The highest BCUT2D eigenvalue weighted by Crippen LogP contribution is 2.24. The first-order valence-corrected chi connectivity index (χ1v) is 8.08. The largest absolute Gasteiger partial charge is 0.372 e. The van der Waals surface area contributed by atoms with Gasteiger partial charge in [-0.15, -0.1) is 0 Å². The van der Waals surface area contributed by atoms with Crippen LogP contribution in [0.1, 0.15) is 25.3 Å². The second-order valence-electron chi connectivity index (χ2n) is 6.37. The van der Waals surface area contributed by atoms with Gasteiger partial charge in [0.15, 0.2) is 0 Å². The Balaban J connectivity index is 1.63. The van der Waals surface area contributed by atoms with Crippen LogP contribution in [-0.4, -0.2) is 44.2 Å². The van der Waals surface area contributed by atoms with Gasteiger partial charge in [-0.2, -0.15) is 0 Å². The molecule has 2 saturated heterocycles. The number of nitrogens with zero attached hydrogens (tertiary/aromatic N) is 2. The summed E-state index contributed by atoms with van der Waals surface area (Å²) < 4.78 is 0. The van der Waals surface area contributed by atoms with Gasteiger partial charge in [0, 0.05) is 51.5 Å². The number of piperazine rings is 1. The van der Waals surface area contributed by atoms with Crippen molar-refractivity contribution < 1.29 is 0 Å². The zero-order chi connectivity index (χ0) is 13.8. The van der Waals surface area contributed by atoms with E-state index in [1.54, 1.807) is 0 Å². The van der Waals surface area contributed by atoms with Gasteiger partial charge >= 0.3 is 0 Å². The molecule has 2 fully saturated rings. The van der Waals surface area contributed by atoms with E-state index in [2.05, 4.69) is 46.3 Å². The van der Waals surface area contributed by atoms with Crippen LogP contribution in [0.3, 0.4) is 0 Å². The van der Waals surface area contributed by atoms with Crippen molar-refractivity contribution in [2.45, 2.75) is 26.3 Å². The van der Waals surface area contributed by atoms with Crippen molar-refractivity contribution in [2.75, 3.05) is 44.2 Å². The fraction of sp³-hybridized carbons (Fsp3) is 0.647. The molecule has 2 aliphatic rings. The van der Waals surface area contributed by atoms with E-state index in [-0.39, 0.29) is 0 Å². The van der Waals surface area contributed by atoms with Gasteiger partial charge in [0.05, 0.1) is 0 Å². The van der Waals surface area contributed by atoms with Gasteiger partial charge in [0.1, 0.15) is 0 Å². The van der Waals surface area contributed by atoms with Crippen molar-refractivity contribution in [2.24, 2.45) is 5.92 Å². The van der Waals surface area contributed by atoms with Crippen LogP contribution in [0.4, 0.5) is 5.69 Å². The normalized spacial score (nSPS) is 22.1. The van der Waals surface area contributed by atoms with E-state index in [0.717, 1.165) is 25.6 Å². The Hall–Kier alpha value is -1.06. The van der Waals surface area contributed by atoms with E-state index in [9.17, 15) is 0 Å². The van der Waals surface area contributed by atoms with E-state index in [1.165, 1.54) is 50.3 Å². The first-order chi connectivity index (χ1) is 9.81. The Labute approximate surface area is 123 Å². The highest BCUT2D eigenvalue weighted by Gasteiger charge is 2.16. The topological polar surface area (TPSA) is 18.5 Å². The van der Waals surface area contributed by atoms with E-state index >= 15 is 0 Å². The second-order valence-corrected chi connectivity index (χ2v) is 6.37. The smallest absolute Gasteiger partial charge is 0.0369 e. The lowest BCUT2D eigenvalue weighted by Crippen LogP contribution is -2.42. The third-order valence-corrected chi connectivity index (χ3v) is 4.68. The molecule has 2 aliphatic heterocycles. The molecule has 0 bridgehead atoms. The number of hydrogen-bond acceptors (Lipinski definition) is 3. The summed E-state index contributed by atoms with van der Waals surface area (Å²) in [5.74, 6) is 0.898. The van der Waals surface area contributed by atoms with E-state index < -0.39 is 0 Å². The van der Waals surface area contributed by atoms with Crippen LogP contribution in [0.5, 0.6) is 0 Å². The van der Waals surface area contributed by atoms with Gasteiger partial charge in [-0.3, -0.25) is 4.90 Å². The highest BCUT2D eigenvalue weighted by molar-refractivity contribution is 5.49. The third kappa shape index (κ3) is 3.53. The molecule has 3 heteroatoms. The van der Waals surface area contributed by atoms with Gasteiger partial charge in [0.25, 0.3) is 0 Å². The molecule has 3 rings (SSSR count). The molecule has 0 aliphatic carbocycles. The van der Waals surface area contributed by atoms with E-state index in [4.69, 9.17) is 0 Å². The minimum absolute atomic E-state index is 0.898. The number of hydrogen-bond donors (Lipinski definition) is 1. The summed E-state index contributed by atoms with van der Waals surface area (Å²) >= 11 is 0. The number of anilines is 1. The minimum atomic E-state index is 0.898. The molecule has 0 unspecified atom stereocenters. The van der Waals surface area contributed by atoms with Crippen molar-refractivity contribution >= 4 is 5.69 Å². The number of piperidine rings is 1. The number of nitrogens with one attached hydrogen (secondary N) is 1. The molecule has 20 heavy (non-hydrogen) atoms. The lowest BCUT2D eigenvalue weighted by Gasteiger charge is -2.33. The van der Waals surface area contributed by atoms with E-state index in [0.29, 0.717) is 0 Å².